The number of benzene rings is 1. The number of nitrogens with zero attached hydrogens (tertiary/aromatic N) is 2. The average molecular weight is 482 g/mol. The fraction of sp³-hybridized carbons (Fsp3) is 0.250. The van der Waals surface area contributed by atoms with E-state index in [9.17, 15) is 14.4 Å². The molecule has 4 aromatic rings. The van der Waals surface area contributed by atoms with E-state index in [0.29, 0.717) is 26.6 Å². The summed E-state index contributed by atoms with van der Waals surface area (Å²) in [5, 5.41) is 3.69. The van der Waals surface area contributed by atoms with Crippen molar-refractivity contribution in [2.75, 3.05) is 11.9 Å². The summed E-state index contributed by atoms with van der Waals surface area (Å²) in [4.78, 5) is 45.5. The van der Waals surface area contributed by atoms with Crippen LogP contribution >= 0.6 is 22.7 Å². The zero-order valence-corrected chi connectivity index (χ0v) is 20.4. The molecule has 0 aliphatic rings. The second-order valence-corrected chi connectivity index (χ2v) is 9.76. The molecule has 3 heterocycles. The quantitative estimate of drug-likeness (QED) is 0.395. The van der Waals surface area contributed by atoms with Crippen molar-refractivity contribution in [2.45, 2.75) is 34.2 Å². The van der Waals surface area contributed by atoms with Crippen LogP contribution in [0.25, 0.3) is 20.7 Å². The Morgan fingerprint density at radius 2 is 1.85 bits per heavy atom. The molecule has 1 aromatic carbocycles. The van der Waals surface area contributed by atoms with Crippen LogP contribution < -0.4 is 10.9 Å². The van der Waals surface area contributed by atoms with Crippen LogP contribution in [-0.4, -0.2) is 28.0 Å². The number of hydrogen-bond acceptors (Lipinski definition) is 7. The van der Waals surface area contributed by atoms with Gasteiger partial charge in [-0.15, -0.1) is 22.7 Å². The van der Waals surface area contributed by atoms with Gasteiger partial charge in [0.25, 0.3) is 5.56 Å². The van der Waals surface area contributed by atoms with Crippen molar-refractivity contribution in [3.05, 3.63) is 68.6 Å². The van der Waals surface area contributed by atoms with E-state index in [0.717, 1.165) is 20.9 Å². The highest BCUT2D eigenvalue weighted by Gasteiger charge is 2.23. The SMILES string of the molecule is CCOC(=O)c1c(NC(=O)Cn2c(C)nc3sc(-c4ccccc4)cc3c2=O)sc(C)c1C. The largest absolute Gasteiger partial charge is 0.462 e. The predicted molar refractivity (Wildman–Crippen MR) is 132 cm³/mol. The van der Waals surface area contributed by atoms with Crippen molar-refractivity contribution in [3.8, 4) is 10.4 Å². The number of aromatic nitrogens is 2. The lowest BCUT2D eigenvalue weighted by Crippen LogP contribution is -2.30. The van der Waals surface area contributed by atoms with Gasteiger partial charge in [0.05, 0.1) is 17.6 Å². The smallest absolute Gasteiger partial charge is 0.341 e. The lowest BCUT2D eigenvalue weighted by atomic mass is 10.1. The van der Waals surface area contributed by atoms with E-state index in [4.69, 9.17) is 4.74 Å². The van der Waals surface area contributed by atoms with E-state index in [2.05, 4.69) is 10.3 Å². The Kier molecular flexibility index (Phi) is 6.44. The van der Waals surface area contributed by atoms with Crippen LogP contribution in [0.1, 0.15) is 33.5 Å². The predicted octanol–water partition coefficient (Wildman–Crippen LogP) is 4.93. The molecule has 1 amide bonds. The van der Waals surface area contributed by atoms with Crippen LogP contribution in [0.4, 0.5) is 5.00 Å². The van der Waals surface area contributed by atoms with E-state index in [1.54, 1.807) is 13.8 Å². The Hall–Kier alpha value is -3.30. The monoisotopic (exact) mass is 481 g/mol. The van der Waals surface area contributed by atoms with Crippen LogP contribution in [0.2, 0.25) is 0 Å². The van der Waals surface area contributed by atoms with Crippen molar-refractivity contribution in [2.24, 2.45) is 0 Å². The van der Waals surface area contributed by atoms with E-state index in [1.807, 2.05) is 50.2 Å². The third kappa shape index (κ3) is 4.46. The fourth-order valence-corrected chi connectivity index (χ4v) is 5.66. The number of rotatable bonds is 6. The second-order valence-electron chi connectivity index (χ2n) is 7.50. The fourth-order valence-electron chi connectivity index (χ4n) is 3.52. The molecular formula is C24H23N3O4S2. The van der Waals surface area contributed by atoms with Crippen LogP contribution in [0.5, 0.6) is 0 Å². The molecule has 33 heavy (non-hydrogen) atoms. The van der Waals surface area contributed by atoms with Crippen molar-refractivity contribution in [3.63, 3.8) is 0 Å². The summed E-state index contributed by atoms with van der Waals surface area (Å²) >= 11 is 2.76. The first-order valence-electron chi connectivity index (χ1n) is 10.4. The third-order valence-corrected chi connectivity index (χ3v) is 7.52. The topological polar surface area (TPSA) is 90.3 Å². The van der Waals surface area contributed by atoms with Crippen LogP contribution in [0.15, 0.2) is 41.2 Å². The van der Waals surface area contributed by atoms with Gasteiger partial charge >= 0.3 is 5.97 Å². The zero-order valence-electron chi connectivity index (χ0n) is 18.7. The highest BCUT2D eigenvalue weighted by molar-refractivity contribution is 7.21. The summed E-state index contributed by atoms with van der Waals surface area (Å²) in [6, 6.07) is 11.6. The normalized spacial score (nSPS) is 11.0. The van der Waals surface area contributed by atoms with Crippen molar-refractivity contribution in [1.29, 1.82) is 0 Å². The van der Waals surface area contributed by atoms with Gasteiger partial charge < -0.3 is 10.1 Å². The molecule has 0 radical (unpaired) electrons. The highest BCUT2D eigenvalue weighted by atomic mass is 32.1. The lowest BCUT2D eigenvalue weighted by Gasteiger charge is -2.10. The lowest BCUT2D eigenvalue weighted by molar-refractivity contribution is -0.116. The first kappa shape index (κ1) is 22.9. The number of aryl methyl sites for hydroxylation is 2. The molecule has 4 rings (SSSR count). The van der Waals surface area contributed by atoms with E-state index in [-0.39, 0.29) is 18.7 Å². The van der Waals surface area contributed by atoms with E-state index >= 15 is 0 Å². The maximum atomic E-state index is 13.2. The third-order valence-electron chi connectivity index (χ3n) is 5.32. The Morgan fingerprint density at radius 3 is 2.55 bits per heavy atom. The molecule has 0 aliphatic carbocycles. The number of nitrogens with one attached hydrogen (secondary N) is 1. The number of thiophene rings is 2. The molecule has 0 saturated carbocycles. The van der Waals surface area contributed by atoms with Crippen molar-refractivity contribution >= 4 is 49.8 Å². The van der Waals surface area contributed by atoms with Crippen molar-refractivity contribution < 1.29 is 14.3 Å². The van der Waals surface area contributed by atoms with Gasteiger partial charge in [-0.3, -0.25) is 14.2 Å². The van der Waals surface area contributed by atoms with Gasteiger partial charge in [0.1, 0.15) is 22.2 Å². The number of amides is 1. The molecule has 3 aromatic heterocycles. The van der Waals surface area contributed by atoms with Gasteiger partial charge in [0, 0.05) is 9.75 Å². The summed E-state index contributed by atoms with van der Waals surface area (Å²) in [5.41, 5.74) is 1.87. The number of ether oxygens (including phenoxy) is 1. The molecule has 0 bridgehead atoms. The molecule has 170 valence electrons. The van der Waals surface area contributed by atoms with Gasteiger partial charge in [-0.1, -0.05) is 30.3 Å². The number of esters is 1. The van der Waals surface area contributed by atoms with Gasteiger partial charge in [0.2, 0.25) is 5.91 Å². The summed E-state index contributed by atoms with van der Waals surface area (Å²) in [7, 11) is 0. The molecule has 0 fully saturated rings. The Bertz CT molecular complexity index is 1420. The number of hydrogen-bond donors (Lipinski definition) is 1. The molecule has 7 nitrogen and oxygen atoms in total. The second kappa shape index (κ2) is 9.29. The molecule has 0 aliphatic heterocycles. The Balaban J connectivity index is 1.63. The van der Waals surface area contributed by atoms with E-state index in [1.165, 1.54) is 27.2 Å². The van der Waals surface area contributed by atoms with Crippen LogP contribution in [0, 0.1) is 20.8 Å². The number of carbonyl (C=O) groups excluding carboxylic acids is 2. The maximum Gasteiger partial charge on any atom is 0.341 e. The summed E-state index contributed by atoms with van der Waals surface area (Å²) < 4.78 is 6.50. The summed E-state index contributed by atoms with van der Waals surface area (Å²) in [6.07, 6.45) is 0. The molecule has 1 N–H and O–H groups in total. The number of fused-ring (bicyclic) bond motifs is 1. The Morgan fingerprint density at radius 1 is 1.12 bits per heavy atom. The van der Waals surface area contributed by atoms with Crippen LogP contribution in [-0.2, 0) is 16.1 Å². The molecule has 9 heteroatoms. The molecular weight excluding hydrogens is 458 g/mol. The first-order valence-corrected chi connectivity index (χ1v) is 12.1. The highest BCUT2D eigenvalue weighted by Crippen LogP contribution is 2.33. The minimum Gasteiger partial charge on any atom is -0.462 e. The summed E-state index contributed by atoms with van der Waals surface area (Å²) in [6.45, 7) is 7.18. The molecule has 0 spiro atoms. The molecule has 0 atom stereocenters. The maximum absolute atomic E-state index is 13.2. The summed E-state index contributed by atoms with van der Waals surface area (Å²) in [5.74, 6) is -0.433. The minimum absolute atomic E-state index is 0.206. The number of anilines is 1. The van der Waals surface area contributed by atoms with Gasteiger partial charge in [-0.2, -0.15) is 0 Å². The van der Waals surface area contributed by atoms with Crippen molar-refractivity contribution in [1.82, 2.24) is 9.55 Å². The van der Waals surface area contributed by atoms with Gasteiger partial charge in [-0.05, 0) is 44.9 Å². The Labute approximate surface area is 198 Å². The average Bonchev–Trinajstić information content (AvgIpc) is 3.33. The zero-order chi connectivity index (χ0) is 23.7. The first-order chi connectivity index (χ1) is 15.8. The number of carbonyl (C=O) groups is 2. The standard InChI is InChI=1S/C24H23N3O4S2/c1-5-31-24(30)20-13(2)14(3)32-22(20)26-19(28)12-27-15(4)25-21-17(23(27)29)11-18(33-21)16-9-7-6-8-10-16/h6-11H,5,12H2,1-4H3,(H,26,28). The molecule has 0 saturated heterocycles. The van der Waals surface area contributed by atoms with E-state index < -0.39 is 11.9 Å². The minimum atomic E-state index is -0.474. The molecule has 0 unspecified atom stereocenters. The van der Waals surface area contributed by atoms with Crippen LogP contribution in [0.3, 0.4) is 0 Å². The van der Waals surface area contributed by atoms with Gasteiger partial charge in [0.15, 0.2) is 0 Å². The van der Waals surface area contributed by atoms with Gasteiger partial charge in [-0.25, -0.2) is 9.78 Å².